The highest BCUT2D eigenvalue weighted by molar-refractivity contribution is 5.24. The Morgan fingerprint density at radius 1 is 0.906 bits per heavy atom. The van der Waals surface area contributed by atoms with Crippen LogP contribution in [0, 0.1) is 12.3 Å². The molecule has 6 nitrogen and oxygen atoms in total. The van der Waals surface area contributed by atoms with Crippen molar-refractivity contribution in [1.29, 1.82) is 0 Å². The van der Waals surface area contributed by atoms with Gasteiger partial charge < -0.3 is 9.47 Å². The van der Waals surface area contributed by atoms with Crippen LogP contribution in [0.3, 0.4) is 0 Å². The van der Waals surface area contributed by atoms with Gasteiger partial charge in [0.2, 0.25) is 0 Å². The van der Waals surface area contributed by atoms with E-state index in [1.807, 2.05) is 60.7 Å². The van der Waals surface area contributed by atoms with Gasteiger partial charge in [0.25, 0.3) is 11.5 Å². The Bertz CT molecular complexity index is 1130. The van der Waals surface area contributed by atoms with Crippen LogP contribution in [0.5, 0.6) is 0 Å². The van der Waals surface area contributed by atoms with Crippen molar-refractivity contribution in [2.24, 2.45) is 5.41 Å². The molecule has 0 saturated heterocycles. The van der Waals surface area contributed by atoms with E-state index >= 15 is 8.78 Å². The quantitative estimate of drug-likeness (QED) is 0.551. The summed E-state index contributed by atoms with van der Waals surface area (Å²) in [7, 11) is 0. The zero-order valence-corrected chi connectivity index (χ0v) is 17.6. The molecule has 0 aliphatic heterocycles. The summed E-state index contributed by atoms with van der Waals surface area (Å²) in [5.74, 6) is -3.26. The van der Waals surface area contributed by atoms with Crippen molar-refractivity contribution >= 4 is 0 Å². The summed E-state index contributed by atoms with van der Waals surface area (Å²) in [5, 5.41) is 0. The van der Waals surface area contributed by atoms with Crippen molar-refractivity contribution in [1.82, 2.24) is 9.55 Å². The number of aromatic nitrogens is 2. The monoisotopic (exact) mass is 442 g/mol. The van der Waals surface area contributed by atoms with Gasteiger partial charge in [-0.25, -0.2) is 13.6 Å². The number of benzene rings is 2. The fourth-order valence-corrected chi connectivity index (χ4v) is 3.95. The Morgan fingerprint density at radius 2 is 1.41 bits per heavy atom. The number of hydrogen-bond donors (Lipinski definition) is 1. The van der Waals surface area contributed by atoms with Crippen molar-refractivity contribution in [3.8, 4) is 0 Å². The topological polar surface area (TPSA) is 73.3 Å². The van der Waals surface area contributed by atoms with Gasteiger partial charge in [-0.1, -0.05) is 60.7 Å². The fourth-order valence-electron chi connectivity index (χ4n) is 3.95. The summed E-state index contributed by atoms with van der Waals surface area (Å²) in [5.41, 5.74) is -1.32. The third kappa shape index (κ3) is 4.16. The van der Waals surface area contributed by atoms with Crippen LogP contribution < -0.4 is 11.2 Å². The second-order valence-electron chi connectivity index (χ2n) is 8.12. The maximum absolute atomic E-state index is 15.3. The Balaban J connectivity index is 1.57. The minimum absolute atomic E-state index is 0.156. The third-order valence-electron chi connectivity index (χ3n) is 5.81. The minimum atomic E-state index is -3.26. The number of ether oxygens (including phenoxy) is 2. The van der Waals surface area contributed by atoms with E-state index in [0.29, 0.717) is 0 Å². The lowest BCUT2D eigenvalue weighted by atomic mass is 10.1. The normalized spacial score (nSPS) is 18.4. The molecule has 8 heteroatoms. The summed E-state index contributed by atoms with van der Waals surface area (Å²) in [6.45, 7) is 1.17. The lowest BCUT2D eigenvalue weighted by molar-refractivity contribution is -0.0430. The second kappa shape index (κ2) is 8.80. The molecule has 168 valence electrons. The molecule has 1 saturated carbocycles. The maximum Gasteiger partial charge on any atom is 0.328 e. The molecule has 0 bridgehead atoms. The van der Waals surface area contributed by atoms with Gasteiger partial charge in [-0.2, -0.15) is 0 Å². The molecule has 1 aromatic heterocycles. The minimum Gasteiger partial charge on any atom is -0.376 e. The van der Waals surface area contributed by atoms with Crippen LogP contribution >= 0.6 is 0 Å². The van der Waals surface area contributed by atoms with Gasteiger partial charge in [-0.15, -0.1) is 0 Å². The number of nitrogens with one attached hydrogen (secondary N) is 1. The van der Waals surface area contributed by atoms with Crippen LogP contribution in [0.15, 0.2) is 76.4 Å². The Hall–Kier alpha value is -3.10. The molecule has 1 atom stereocenters. The Kier molecular flexibility index (Phi) is 6.08. The SMILES string of the molecule is Cc1cn(C2C(F)(F)C2(COCc2ccccc2)COCc2ccccc2)c(=O)[nH]c1=O. The molecule has 2 aromatic carbocycles. The van der Waals surface area contributed by atoms with E-state index in [2.05, 4.69) is 4.98 Å². The molecule has 1 unspecified atom stereocenters. The van der Waals surface area contributed by atoms with Gasteiger partial charge in [-0.3, -0.25) is 14.3 Å². The van der Waals surface area contributed by atoms with Crippen molar-refractivity contribution in [3.63, 3.8) is 0 Å². The lowest BCUT2D eigenvalue weighted by Crippen LogP contribution is -2.33. The summed E-state index contributed by atoms with van der Waals surface area (Å²) < 4.78 is 42.8. The summed E-state index contributed by atoms with van der Waals surface area (Å²) >= 11 is 0. The first kappa shape index (κ1) is 22.1. The third-order valence-corrected chi connectivity index (χ3v) is 5.81. The first-order valence-electron chi connectivity index (χ1n) is 10.3. The molecule has 4 rings (SSSR count). The van der Waals surface area contributed by atoms with Gasteiger partial charge >= 0.3 is 5.69 Å². The Morgan fingerprint density at radius 3 is 1.91 bits per heavy atom. The van der Waals surface area contributed by atoms with Gasteiger partial charge in [0.1, 0.15) is 11.5 Å². The molecule has 1 heterocycles. The molecule has 0 amide bonds. The maximum atomic E-state index is 15.3. The number of aromatic amines is 1. The first-order valence-corrected chi connectivity index (χ1v) is 10.3. The van der Waals surface area contributed by atoms with E-state index in [9.17, 15) is 9.59 Å². The zero-order chi connectivity index (χ0) is 22.8. The van der Waals surface area contributed by atoms with Gasteiger partial charge in [0, 0.05) is 11.8 Å². The van der Waals surface area contributed by atoms with Crippen molar-refractivity contribution in [2.75, 3.05) is 13.2 Å². The molecule has 0 radical (unpaired) electrons. The number of nitrogens with zero attached hydrogens (tertiary/aromatic N) is 1. The predicted octanol–water partition coefficient (Wildman–Crippen LogP) is 3.46. The summed E-state index contributed by atoms with van der Waals surface area (Å²) in [4.78, 5) is 26.1. The fraction of sp³-hybridized carbons (Fsp3) is 0.333. The largest absolute Gasteiger partial charge is 0.376 e. The second-order valence-corrected chi connectivity index (χ2v) is 8.12. The van der Waals surface area contributed by atoms with E-state index in [-0.39, 0.29) is 32.0 Å². The highest BCUT2D eigenvalue weighted by Crippen LogP contribution is 2.68. The zero-order valence-electron chi connectivity index (χ0n) is 17.6. The number of rotatable bonds is 9. The number of alkyl halides is 2. The van der Waals surface area contributed by atoms with Crippen LogP contribution in [-0.4, -0.2) is 28.7 Å². The number of H-pyrrole nitrogens is 1. The van der Waals surface area contributed by atoms with Crippen LogP contribution in [0.25, 0.3) is 0 Å². The van der Waals surface area contributed by atoms with Crippen LogP contribution in [0.4, 0.5) is 8.78 Å². The van der Waals surface area contributed by atoms with E-state index in [1.165, 1.54) is 13.1 Å². The highest BCUT2D eigenvalue weighted by atomic mass is 19.3. The smallest absolute Gasteiger partial charge is 0.328 e. The van der Waals surface area contributed by atoms with E-state index in [0.717, 1.165) is 15.7 Å². The van der Waals surface area contributed by atoms with Gasteiger partial charge in [0.05, 0.1) is 26.4 Å². The van der Waals surface area contributed by atoms with Crippen molar-refractivity contribution in [3.05, 3.63) is 104 Å². The standard InChI is InChI=1S/C24H24F2N2O4/c1-17-12-28(22(30)27-20(17)29)21-23(24(21,25)26,15-31-13-18-8-4-2-5-9-18)16-32-14-19-10-6-3-7-11-19/h2-12,21H,13-16H2,1H3,(H,27,29,30). The highest BCUT2D eigenvalue weighted by Gasteiger charge is 2.82. The average Bonchev–Trinajstić information content (AvgIpc) is 3.26. The van der Waals surface area contributed by atoms with Crippen LogP contribution in [0.2, 0.25) is 0 Å². The number of halogens is 2. The molecular formula is C24H24F2N2O4. The van der Waals surface area contributed by atoms with E-state index < -0.39 is 28.6 Å². The number of hydrogen-bond acceptors (Lipinski definition) is 4. The molecule has 1 N–H and O–H groups in total. The lowest BCUT2D eigenvalue weighted by Gasteiger charge is -2.18. The van der Waals surface area contributed by atoms with Crippen molar-refractivity contribution < 1.29 is 18.3 Å². The van der Waals surface area contributed by atoms with Crippen molar-refractivity contribution in [2.45, 2.75) is 32.1 Å². The molecule has 1 aliphatic carbocycles. The first-order chi connectivity index (χ1) is 15.3. The molecular weight excluding hydrogens is 418 g/mol. The molecule has 3 aromatic rings. The molecule has 1 fully saturated rings. The van der Waals surface area contributed by atoms with Crippen LogP contribution in [-0.2, 0) is 22.7 Å². The van der Waals surface area contributed by atoms with Crippen LogP contribution in [0.1, 0.15) is 22.7 Å². The van der Waals surface area contributed by atoms with E-state index in [4.69, 9.17) is 9.47 Å². The Labute approximate surface area is 183 Å². The molecule has 0 spiro atoms. The van der Waals surface area contributed by atoms with Gasteiger partial charge in [-0.05, 0) is 18.1 Å². The summed E-state index contributed by atoms with van der Waals surface area (Å²) in [6, 6.07) is 17.0. The summed E-state index contributed by atoms with van der Waals surface area (Å²) in [6.07, 6.45) is 1.18. The van der Waals surface area contributed by atoms with E-state index in [1.54, 1.807) is 0 Å². The average molecular weight is 442 g/mol. The predicted molar refractivity (Wildman–Crippen MR) is 115 cm³/mol. The van der Waals surface area contributed by atoms with Gasteiger partial charge in [0.15, 0.2) is 0 Å². The number of aryl methyl sites for hydroxylation is 1. The molecule has 1 aliphatic rings. The molecule has 32 heavy (non-hydrogen) atoms.